The van der Waals surface area contributed by atoms with Gasteiger partial charge in [-0.25, -0.2) is 4.79 Å². The Labute approximate surface area is 643 Å². The Kier molecular flexibility index (Phi) is 34.9. The number of aromatic nitrogens is 1. The summed E-state index contributed by atoms with van der Waals surface area (Å²) in [4.78, 5) is 195. The van der Waals surface area contributed by atoms with Crippen molar-refractivity contribution in [1.29, 1.82) is 0 Å². The fourth-order valence-corrected chi connectivity index (χ4v) is 11.5. The van der Waals surface area contributed by atoms with Crippen LogP contribution in [-0.4, -0.2) is 226 Å². The molecule has 0 aliphatic rings. The molecule has 23 N–H and O–H groups in total. The maximum atomic E-state index is 15.0. The van der Waals surface area contributed by atoms with Crippen LogP contribution in [0.5, 0.6) is 17.2 Å². The number of benzene rings is 4. The molecule has 15 atom stereocenters. The number of phenolic OH excluding ortho intramolecular Hbond substituents is 3. The molecule has 0 aliphatic carbocycles. The molecule has 0 fully saturated rings. The smallest absolute Gasteiger partial charge is 0.326 e. The third-order valence-electron chi connectivity index (χ3n) is 17.1. The van der Waals surface area contributed by atoms with Crippen LogP contribution in [0.2, 0.25) is 0 Å². The molecule has 0 bridgehead atoms. The maximum Gasteiger partial charge on any atom is 0.326 e. The van der Waals surface area contributed by atoms with Gasteiger partial charge in [-0.2, -0.15) is 37.9 Å². The van der Waals surface area contributed by atoms with Crippen molar-refractivity contribution in [3.63, 3.8) is 0 Å². The number of amides is 13. The lowest BCUT2D eigenvalue weighted by molar-refractivity contribution is -0.142. The first-order valence-electron chi connectivity index (χ1n) is 34.4. The largest absolute Gasteiger partial charge is 0.508 e. The van der Waals surface area contributed by atoms with Gasteiger partial charge in [0.25, 0.3) is 0 Å². The Morgan fingerprint density at radius 1 is 0.394 bits per heavy atom. The predicted molar refractivity (Wildman–Crippen MR) is 406 cm³/mol. The van der Waals surface area contributed by atoms with E-state index in [1.165, 1.54) is 93.6 Å². The van der Waals surface area contributed by atoms with E-state index in [4.69, 9.17) is 11.5 Å². The van der Waals surface area contributed by atoms with E-state index in [1.807, 2.05) is 0 Å². The second-order valence-electron chi connectivity index (χ2n) is 26.2. The lowest BCUT2D eigenvalue weighted by Gasteiger charge is -2.29. The average Bonchev–Trinajstić information content (AvgIpc) is 1.74. The van der Waals surface area contributed by atoms with Crippen molar-refractivity contribution in [3.8, 4) is 17.2 Å². The first-order chi connectivity index (χ1) is 51.4. The Hall–Kier alpha value is -10.7. The van der Waals surface area contributed by atoms with Crippen LogP contribution in [-0.2, 0) is 92.8 Å². The molecule has 0 spiro atoms. The van der Waals surface area contributed by atoms with Crippen LogP contribution >= 0.6 is 37.9 Å². The molecule has 109 heavy (non-hydrogen) atoms. The molecule has 5 rings (SSSR count). The number of aromatic hydroxyl groups is 3. The first-order valence-corrected chi connectivity index (χ1v) is 36.3. The highest BCUT2D eigenvalue weighted by atomic mass is 32.1. The summed E-state index contributed by atoms with van der Waals surface area (Å²) in [6, 6.07) is 3.33. The van der Waals surface area contributed by atoms with Crippen molar-refractivity contribution in [1.82, 2.24) is 68.8 Å². The first kappa shape index (κ1) is 89.0. The standard InChI is InChI=1S/C71H95N15O20S3/c1-33(2)57(85-68(102)56(73)36(5)87)69(103)84-54(32-109)67(101)86-58(37(6)88)70(104)81-51(28-41-29-74-46-10-8-7-9-45(41)46)64(98)79-49(26-39-13-19-43(90)20-14-39)62(96)83-53(31-108)66(100)80-50(27-40-15-21-44(91)22-16-40)63(97)82-52(30-107)65(99)76-34(3)59(93)75-35(4)60(94)78-48(25-38-11-17-42(89)18-12-38)61(95)77-47(71(105)106)23-24-55(72)92/h7-22,29,33-37,47-54,56-58,74,87-91,107-109H,23-28,30-32,73H2,1-6H3,(H2,72,92)(H,75,93)(H,76,99)(H,77,95)(H,78,94)(H,79,98)(H,80,100)(H,81,104)(H,82,97)(H,83,96)(H,84,103)(H,85,102)(H,86,101)(H,105,106)/t34-,35-,36+,37+,47-,48-,49-,50-,51-,52-,53-,54-,56-,57-,58-/m0/s1. The highest BCUT2D eigenvalue weighted by Gasteiger charge is 2.38. The Balaban J connectivity index is 1.35. The molecule has 1 aromatic heterocycles. The van der Waals surface area contributed by atoms with E-state index < -0.39 is 197 Å². The summed E-state index contributed by atoms with van der Waals surface area (Å²) in [5, 5.41) is 91.1. The molecule has 38 heteroatoms. The fraction of sp³-hybridized carbons (Fsp3) is 0.437. The number of fused-ring (bicyclic) bond motifs is 1. The third kappa shape index (κ3) is 27.8. The molecule has 0 unspecified atom stereocenters. The van der Waals surface area contributed by atoms with Gasteiger partial charge < -0.3 is 111 Å². The molecule has 1 heterocycles. The normalized spacial score (nSPS) is 15.3. The number of phenols is 3. The predicted octanol–water partition coefficient (Wildman–Crippen LogP) is -3.70. The van der Waals surface area contributed by atoms with Gasteiger partial charge in [0.15, 0.2) is 0 Å². The summed E-state index contributed by atoms with van der Waals surface area (Å²) in [6.07, 6.45) is -3.39. The van der Waals surface area contributed by atoms with Crippen molar-refractivity contribution in [2.24, 2.45) is 17.4 Å². The number of carbonyl (C=O) groups excluding carboxylic acids is 13. The van der Waals surface area contributed by atoms with Gasteiger partial charge in [-0.15, -0.1) is 0 Å². The van der Waals surface area contributed by atoms with E-state index in [1.54, 1.807) is 44.3 Å². The van der Waals surface area contributed by atoms with Gasteiger partial charge in [0.05, 0.1) is 12.2 Å². The van der Waals surface area contributed by atoms with E-state index in [9.17, 15) is 97.8 Å². The molecule has 5 aromatic rings. The molecule has 35 nitrogen and oxygen atoms in total. The molecule has 4 aromatic carbocycles. The number of nitrogens with one attached hydrogen (secondary N) is 13. The summed E-state index contributed by atoms with van der Waals surface area (Å²) in [6.45, 7) is 8.10. The van der Waals surface area contributed by atoms with Crippen molar-refractivity contribution >= 4 is 132 Å². The Morgan fingerprint density at radius 3 is 1.13 bits per heavy atom. The van der Waals surface area contributed by atoms with E-state index in [0.717, 1.165) is 6.92 Å². The van der Waals surface area contributed by atoms with Crippen LogP contribution in [0.4, 0.5) is 0 Å². The molecule has 592 valence electrons. The van der Waals surface area contributed by atoms with E-state index in [0.29, 0.717) is 33.2 Å². The summed E-state index contributed by atoms with van der Waals surface area (Å²) in [5.41, 5.74) is 13.2. The third-order valence-corrected chi connectivity index (χ3v) is 18.2. The Morgan fingerprint density at radius 2 is 0.725 bits per heavy atom. The number of H-pyrrole nitrogens is 1. The van der Waals surface area contributed by atoms with Gasteiger partial charge in [0.1, 0.15) is 95.8 Å². The van der Waals surface area contributed by atoms with Crippen LogP contribution < -0.4 is 75.3 Å². The average molecular weight is 1570 g/mol. The number of hydrogen-bond donors (Lipinski definition) is 24. The van der Waals surface area contributed by atoms with Crippen LogP contribution in [0.25, 0.3) is 10.9 Å². The minimum atomic E-state index is -1.84. The number of para-hydroxylation sites is 1. The quantitative estimate of drug-likeness (QED) is 0.0167. The molecule has 0 saturated carbocycles. The van der Waals surface area contributed by atoms with Crippen LogP contribution in [0.1, 0.15) is 76.6 Å². The number of primary amides is 1. The van der Waals surface area contributed by atoms with Crippen molar-refractivity contribution in [2.45, 2.75) is 171 Å². The van der Waals surface area contributed by atoms with Crippen molar-refractivity contribution in [3.05, 3.63) is 126 Å². The number of aromatic amines is 1. The monoisotopic (exact) mass is 1570 g/mol. The highest BCUT2D eigenvalue weighted by Crippen LogP contribution is 2.21. The van der Waals surface area contributed by atoms with Gasteiger partial charge in [-0.05, 0) is 105 Å². The number of nitrogens with two attached hydrogens (primary N) is 2. The SMILES string of the molecule is CC(C)[C@H](NC(=O)[C@@H](N)[C@@H](C)O)C(=O)N[C@@H](CS)C(=O)N[C@H](C(=O)N[C@@H](Cc1c[nH]c2ccccc12)C(=O)N[C@@H](Cc1ccc(O)cc1)C(=O)N[C@@H](CS)C(=O)N[C@@H](Cc1ccc(O)cc1)C(=O)N[C@@H](CS)C(=O)N[C@@H](C)C(=O)N[C@@H](C)C(=O)N[C@@H](Cc1ccc(O)cc1)C(=O)N[C@@H](CCC(N)=O)C(=O)O)[C@@H](C)O. The molecular weight excluding hydrogens is 1480 g/mol. The van der Waals surface area contributed by atoms with Crippen LogP contribution in [0.15, 0.2) is 103 Å². The number of carboxylic acids is 1. The van der Waals surface area contributed by atoms with Crippen LogP contribution in [0, 0.1) is 5.92 Å². The van der Waals surface area contributed by atoms with Gasteiger partial charge in [0, 0.05) is 66.5 Å². The summed E-state index contributed by atoms with van der Waals surface area (Å²) in [5.74, 6) is -16.5. The molecule has 0 radical (unpaired) electrons. The minimum absolute atomic E-state index is 0.117. The number of aliphatic hydroxyl groups is 2. The van der Waals surface area contributed by atoms with Gasteiger partial charge in [-0.1, -0.05) is 68.4 Å². The maximum absolute atomic E-state index is 15.0. The zero-order chi connectivity index (χ0) is 81.1. The van der Waals surface area contributed by atoms with E-state index in [2.05, 4.69) is 107 Å². The second kappa shape index (κ2) is 42.8. The van der Waals surface area contributed by atoms with Gasteiger partial charge in [-0.3, -0.25) is 62.3 Å². The zero-order valence-electron chi connectivity index (χ0n) is 60.3. The summed E-state index contributed by atoms with van der Waals surface area (Å²) in [7, 11) is 0. The zero-order valence-corrected chi connectivity index (χ0v) is 63.0. The number of thiol groups is 3. The molecular formula is C71H95N15O20S3. The summed E-state index contributed by atoms with van der Waals surface area (Å²) >= 11 is 12.8. The fourth-order valence-electron chi connectivity index (χ4n) is 10.7. The Bertz CT molecular complexity index is 4020. The van der Waals surface area contributed by atoms with Crippen molar-refractivity contribution < 1.29 is 97.8 Å². The number of carbonyl (C=O) groups is 14. The van der Waals surface area contributed by atoms with Gasteiger partial charge in [0.2, 0.25) is 76.8 Å². The topological polar surface area (TPSA) is 573 Å². The van der Waals surface area contributed by atoms with Crippen LogP contribution in [0.3, 0.4) is 0 Å². The van der Waals surface area contributed by atoms with E-state index >= 15 is 0 Å². The number of rotatable bonds is 42. The van der Waals surface area contributed by atoms with Gasteiger partial charge >= 0.3 is 5.97 Å². The number of aliphatic carboxylic acids is 1. The number of carboxylic acid groups (broad SMARTS) is 1. The molecule has 13 amide bonds. The number of hydrogen-bond acceptors (Lipinski definition) is 23. The summed E-state index contributed by atoms with van der Waals surface area (Å²) < 4.78 is 0. The molecule has 0 saturated heterocycles. The van der Waals surface area contributed by atoms with Crippen molar-refractivity contribution in [2.75, 3.05) is 17.3 Å². The second-order valence-corrected chi connectivity index (χ2v) is 27.3. The highest BCUT2D eigenvalue weighted by molar-refractivity contribution is 7.80. The lowest BCUT2D eigenvalue weighted by Crippen LogP contribution is -2.63. The minimum Gasteiger partial charge on any atom is -0.508 e. The molecule has 0 aliphatic heterocycles. The lowest BCUT2D eigenvalue weighted by atomic mass is 10.0. The van der Waals surface area contributed by atoms with E-state index in [-0.39, 0.29) is 55.1 Å². The number of aliphatic hydroxyl groups excluding tert-OH is 2.